The highest BCUT2D eigenvalue weighted by atomic mass is 16.5. The van der Waals surface area contributed by atoms with Gasteiger partial charge in [-0.1, -0.05) is 17.7 Å². The Bertz CT molecular complexity index is 470. The second kappa shape index (κ2) is 6.75. The number of amides is 1. The first kappa shape index (κ1) is 14.9. The highest BCUT2D eigenvalue weighted by molar-refractivity contribution is 5.77. The van der Waals surface area contributed by atoms with Crippen LogP contribution in [0.2, 0.25) is 0 Å². The molecule has 0 bridgehead atoms. The fraction of sp³-hybridized carbons (Fsp3) is 0.562. The molecule has 1 aromatic carbocycles. The molecule has 2 N–H and O–H groups in total. The van der Waals surface area contributed by atoms with E-state index in [4.69, 9.17) is 4.74 Å². The normalized spacial score (nSPS) is 15.8. The Morgan fingerprint density at radius 3 is 2.85 bits per heavy atom. The van der Waals surface area contributed by atoms with Crippen molar-refractivity contribution in [1.29, 1.82) is 0 Å². The van der Waals surface area contributed by atoms with E-state index in [0.29, 0.717) is 5.92 Å². The fourth-order valence-electron chi connectivity index (χ4n) is 2.07. The summed E-state index contributed by atoms with van der Waals surface area (Å²) in [4.78, 5) is 11.7. The number of carbonyl (C=O) groups excluding carboxylic acids is 1. The molecule has 0 aliphatic heterocycles. The third kappa shape index (κ3) is 4.23. The van der Waals surface area contributed by atoms with Crippen molar-refractivity contribution < 1.29 is 9.53 Å². The number of hydrogen-bond acceptors (Lipinski definition) is 3. The van der Waals surface area contributed by atoms with Crippen LogP contribution < -0.4 is 15.4 Å². The summed E-state index contributed by atoms with van der Waals surface area (Å²) < 4.78 is 5.68. The van der Waals surface area contributed by atoms with Gasteiger partial charge < -0.3 is 15.4 Å². The minimum Gasteiger partial charge on any atom is -0.483 e. The van der Waals surface area contributed by atoms with Crippen LogP contribution in [0.25, 0.3) is 0 Å². The van der Waals surface area contributed by atoms with Gasteiger partial charge in [0.1, 0.15) is 5.75 Å². The quantitative estimate of drug-likeness (QED) is 0.802. The Morgan fingerprint density at radius 1 is 1.45 bits per heavy atom. The summed E-state index contributed by atoms with van der Waals surface area (Å²) in [5.41, 5.74) is 2.27. The molecular formula is C16H24N2O2. The molecule has 110 valence electrons. The molecule has 0 spiro atoms. The molecule has 1 unspecified atom stereocenters. The summed E-state index contributed by atoms with van der Waals surface area (Å²) in [5, 5.41) is 6.11. The van der Waals surface area contributed by atoms with Crippen LogP contribution in [-0.4, -0.2) is 26.1 Å². The molecule has 1 atom stereocenters. The molecular weight excluding hydrogens is 252 g/mol. The lowest BCUT2D eigenvalue weighted by Crippen LogP contribution is -2.30. The van der Waals surface area contributed by atoms with Gasteiger partial charge in [0, 0.05) is 18.2 Å². The van der Waals surface area contributed by atoms with E-state index in [9.17, 15) is 4.79 Å². The Morgan fingerprint density at radius 2 is 2.20 bits per heavy atom. The average molecular weight is 276 g/mol. The number of nitrogens with one attached hydrogen (secondary N) is 2. The van der Waals surface area contributed by atoms with Crippen LogP contribution in [0.1, 0.15) is 36.9 Å². The van der Waals surface area contributed by atoms with Crippen molar-refractivity contribution in [1.82, 2.24) is 10.6 Å². The van der Waals surface area contributed by atoms with Crippen LogP contribution >= 0.6 is 0 Å². The molecule has 0 aromatic heterocycles. The first-order chi connectivity index (χ1) is 9.60. The zero-order valence-electron chi connectivity index (χ0n) is 12.5. The standard InChI is InChI=1S/C16H24N2O2/c1-11-4-7-15(14(8-11)12(2)17-3)20-10-16(19)18-9-13-5-6-13/h4,7-8,12-13,17H,5-6,9-10H2,1-3H3,(H,18,19). The second-order valence-electron chi connectivity index (χ2n) is 5.59. The number of aryl methyl sites for hydroxylation is 1. The van der Waals surface area contributed by atoms with Crippen molar-refractivity contribution in [3.05, 3.63) is 29.3 Å². The molecule has 1 fully saturated rings. The van der Waals surface area contributed by atoms with Gasteiger partial charge in [0.05, 0.1) is 0 Å². The highest BCUT2D eigenvalue weighted by Crippen LogP contribution is 2.28. The molecule has 20 heavy (non-hydrogen) atoms. The van der Waals surface area contributed by atoms with Gasteiger partial charge in [-0.05, 0) is 45.7 Å². The highest BCUT2D eigenvalue weighted by Gasteiger charge is 2.21. The monoisotopic (exact) mass is 276 g/mol. The lowest BCUT2D eigenvalue weighted by atomic mass is 10.0. The Labute approximate surface area is 120 Å². The van der Waals surface area contributed by atoms with Gasteiger partial charge in [0.2, 0.25) is 0 Å². The summed E-state index contributed by atoms with van der Waals surface area (Å²) in [6, 6.07) is 6.23. The van der Waals surface area contributed by atoms with E-state index in [2.05, 4.69) is 30.5 Å². The number of rotatable bonds is 7. The molecule has 4 heteroatoms. The predicted octanol–water partition coefficient (Wildman–Crippen LogP) is 2.18. The van der Waals surface area contributed by atoms with E-state index >= 15 is 0 Å². The van der Waals surface area contributed by atoms with Crippen LogP contribution in [-0.2, 0) is 4.79 Å². The summed E-state index contributed by atoms with van der Waals surface area (Å²) in [7, 11) is 1.92. The van der Waals surface area contributed by atoms with Gasteiger partial charge >= 0.3 is 0 Å². The Hall–Kier alpha value is -1.55. The topological polar surface area (TPSA) is 50.4 Å². The van der Waals surface area contributed by atoms with E-state index < -0.39 is 0 Å². The number of benzene rings is 1. The molecule has 1 aliphatic rings. The number of carbonyl (C=O) groups is 1. The lowest BCUT2D eigenvalue weighted by molar-refractivity contribution is -0.123. The molecule has 0 saturated heterocycles. The average Bonchev–Trinajstić information content (AvgIpc) is 3.27. The third-order valence-electron chi connectivity index (χ3n) is 3.71. The van der Waals surface area contributed by atoms with Crippen LogP contribution in [0.4, 0.5) is 0 Å². The minimum atomic E-state index is -0.0412. The third-order valence-corrected chi connectivity index (χ3v) is 3.71. The summed E-state index contributed by atoms with van der Waals surface area (Å²) >= 11 is 0. The molecule has 1 saturated carbocycles. The smallest absolute Gasteiger partial charge is 0.257 e. The van der Waals surface area contributed by atoms with Gasteiger partial charge in [0.25, 0.3) is 5.91 Å². The van der Waals surface area contributed by atoms with Gasteiger partial charge in [-0.15, -0.1) is 0 Å². The second-order valence-corrected chi connectivity index (χ2v) is 5.59. The number of hydrogen-bond donors (Lipinski definition) is 2. The van der Waals surface area contributed by atoms with E-state index in [0.717, 1.165) is 17.9 Å². The molecule has 0 radical (unpaired) electrons. The van der Waals surface area contributed by atoms with Crippen molar-refractivity contribution >= 4 is 5.91 Å². The maximum atomic E-state index is 11.7. The van der Waals surface area contributed by atoms with E-state index in [1.54, 1.807) is 0 Å². The molecule has 0 heterocycles. The zero-order valence-corrected chi connectivity index (χ0v) is 12.5. The Kier molecular flexibility index (Phi) is 5.01. The first-order valence-corrected chi connectivity index (χ1v) is 7.27. The first-order valence-electron chi connectivity index (χ1n) is 7.27. The summed E-state index contributed by atoms with van der Waals surface area (Å²) in [6.07, 6.45) is 2.48. The molecule has 1 aromatic rings. The SMILES string of the molecule is CNC(C)c1cc(C)ccc1OCC(=O)NCC1CC1. The Balaban J connectivity index is 1.91. The van der Waals surface area contributed by atoms with Crippen molar-refractivity contribution in [2.24, 2.45) is 5.92 Å². The zero-order chi connectivity index (χ0) is 14.5. The van der Waals surface area contributed by atoms with Crippen molar-refractivity contribution in [2.45, 2.75) is 32.7 Å². The van der Waals surface area contributed by atoms with Crippen LogP contribution in [0.3, 0.4) is 0 Å². The van der Waals surface area contributed by atoms with Gasteiger partial charge in [0.15, 0.2) is 6.61 Å². The lowest BCUT2D eigenvalue weighted by Gasteiger charge is -2.17. The van der Waals surface area contributed by atoms with Gasteiger partial charge in [-0.25, -0.2) is 0 Å². The van der Waals surface area contributed by atoms with Crippen LogP contribution in [0, 0.1) is 12.8 Å². The van der Waals surface area contributed by atoms with Crippen molar-refractivity contribution in [2.75, 3.05) is 20.2 Å². The maximum absolute atomic E-state index is 11.7. The van der Waals surface area contributed by atoms with Crippen molar-refractivity contribution in [3.63, 3.8) is 0 Å². The van der Waals surface area contributed by atoms with E-state index in [1.165, 1.54) is 18.4 Å². The van der Waals surface area contributed by atoms with E-state index in [-0.39, 0.29) is 18.6 Å². The predicted molar refractivity (Wildman–Crippen MR) is 79.9 cm³/mol. The molecule has 4 nitrogen and oxygen atoms in total. The molecule has 1 amide bonds. The fourth-order valence-corrected chi connectivity index (χ4v) is 2.07. The van der Waals surface area contributed by atoms with Crippen LogP contribution in [0.15, 0.2) is 18.2 Å². The summed E-state index contributed by atoms with van der Waals surface area (Å²) in [6.45, 7) is 5.00. The van der Waals surface area contributed by atoms with Gasteiger partial charge in [-0.2, -0.15) is 0 Å². The van der Waals surface area contributed by atoms with E-state index in [1.807, 2.05) is 19.2 Å². The molecule has 1 aliphatic carbocycles. The number of ether oxygens (including phenoxy) is 1. The largest absolute Gasteiger partial charge is 0.483 e. The summed E-state index contributed by atoms with van der Waals surface area (Å²) in [5.74, 6) is 1.43. The van der Waals surface area contributed by atoms with Crippen molar-refractivity contribution in [3.8, 4) is 5.75 Å². The minimum absolute atomic E-state index is 0.0412. The molecule has 2 rings (SSSR count). The van der Waals surface area contributed by atoms with Crippen LogP contribution in [0.5, 0.6) is 5.75 Å². The maximum Gasteiger partial charge on any atom is 0.257 e. The van der Waals surface area contributed by atoms with Gasteiger partial charge in [-0.3, -0.25) is 4.79 Å².